The van der Waals surface area contributed by atoms with Crippen LogP contribution in [0.2, 0.25) is 10.0 Å². The van der Waals surface area contributed by atoms with Crippen molar-refractivity contribution in [2.24, 2.45) is 5.92 Å². The molecule has 1 saturated heterocycles. The second-order valence-corrected chi connectivity index (χ2v) is 8.38. The average molecular weight is 450 g/mol. The molecule has 2 heterocycles. The number of rotatable bonds is 4. The van der Waals surface area contributed by atoms with Crippen LogP contribution in [0.15, 0.2) is 36.4 Å². The molecule has 1 fully saturated rings. The van der Waals surface area contributed by atoms with Gasteiger partial charge in [-0.15, -0.1) is 0 Å². The first-order valence-corrected chi connectivity index (χ1v) is 10.2. The van der Waals surface area contributed by atoms with Crippen LogP contribution in [0.4, 0.5) is 11.4 Å². The number of aliphatic hydroxyl groups is 1. The average Bonchev–Trinajstić information content (AvgIpc) is 3.24. The number of hydrogen-bond donors (Lipinski definition) is 4. The minimum atomic E-state index is -1.35. The molecule has 4 rings (SSSR count). The Morgan fingerprint density at radius 2 is 2.10 bits per heavy atom. The Morgan fingerprint density at radius 3 is 2.80 bits per heavy atom. The van der Waals surface area contributed by atoms with Gasteiger partial charge in [0.25, 0.3) is 0 Å². The SMILES string of the molecule is COc1ccc(Cl)cc1NC(=O)[C@H]1C[C@H](C(C)O)N[C@]12C(=O)Nc1c(Cl)cccc12. The van der Waals surface area contributed by atoms with Gasteiger partial charge >= 0.3 is 0 Å². The van der Waals surface area contributed by atoms with E-state index in [2.05, 4.69) is 16.0 Å². The zero-order valence-electron chi connectivity index (χ0n) is 16.3. The molecule has 2 amide bonds. The lowest BCUT2D eigenvalue weighted by Gasteiger charge is -2.29. The summed E-state index contributed by atoms with van der Waals surface area (Å²) in [6.45, 7) is 1.62. The second-order valence-electron chi connectivity index (χ2n) is 7.54. The second kappa shape index (κ2) is 7.74. The molecule has 2 aromatic rings. The highest BCUT2D eigenvalue weighted by Crippen LogP contribution is 2.49. The summed E-state index contributed by atoms with van der Waals surface area (Å²) in [5.74, 6) is -1.14. The Balaban J connectivity index is 1.76. The van der Waals surface area contributed by atoms with Crippen LogP contribution in [0.3, 0.4) is 0 Å². The molecule has 2 aromatic carbocycles. The van der Waals surface area contributed by atoms with Crippen molar-refractivity contribution < 1.29 is 19.4 Å². The van der Waals surface area contributed by atoms with Crippen molar-refractivity contribution in [1.29, 1.82) is 0 Å². The molecule has 2 aliphatic heterocycles. The summed E-state index contributed by atoms with van der Waals surface area (Å²) in [7, 11) is 1.49. The predicted molar refractivity (Wildman–Crippen MR) is 115 cm³/mol. The quantitative estimate of drug-likeness (QED) is 0.574. The van der Waals surface area contributed by atoms with E-state index in [1.807, 2.05) is 0 Å². The third-order valence-electron chi connectivity index (χ3n) is 5.78. The molecule has 2 aliphatic rings. The maximum atomic E-state index is 13.4. The maximum Gasteiger partial charge on any atom is 0.250 e. The molecular weight excluding hydrogens is 429 g/mol. The molecule has 9 heteroatoms. The van der Waals surface area contributed by atoms with E-state index >= 15 is 0 Å². The van der Waals surface area contributed by atoms with Crippen molar-refractivity contribution in [1.82, 2.24) is 5.32 Å². The summed E-state index contributed by atoms with van der Waals surface area (Å²) in [4.78, 5) is 26.6. The number of amides is 2. The lowest BCUT2D eigenvalue weighted by Crippen LogP contribution is -2.53. The third-order valence-corrected chi connectivity index (χ3v) is 6.33. The van der Waals surface area contributed by atoms with E-state index in [0.29, 0.717) is 32.7 Å². The summed E-state index contributed by atoms with van der Waals surface area (Å²) in [5.41, 5.74) is 0.107. The molecule has 1 unspecified atom stereocenters. The monoisotopic (exact) mass is 449 g/mol. The molecule has 30 heavy (non-hydrogen) atoms. The zero-order valence-corrected chi connectivity index (χ0v) is 17.8. The minimum Gasteiger partial charge on any atom is -0.495 e. The van der Waals surface area contributed by atoms with Gasteiger partial charge in [0.2, 0.25) is 11.8 Å². The number of para-hydroxylation sites is 1. The van der Waals surface area contributed by atoms with Crippen molar-refractivity contribution in [3.63, 3.8) is 0 Å². The first-order valence-electron chi connectivity index (χ1n) is 9.48. The van der Waals surface area contributed by atoms with E-state index in [4.69, 9.17) is 27.9 Å². The van der Waals surface area contributed by atoms with E-state index in [-0.39, 0.29) is 12.3 Å². The van der Waals surface area contributed by atoms with Gasteiger partial charge < -0.3 is 20.5 Å². The first kappa shape index (κ1) is 20.9. The normalized spacial score (nSPS) is 25.7. The molecule has 0 aliphatic carbocycles. The summed E-state index contributed by atoms with van der Waals surface area (Å²) in [6.07, 6.45) is -0.511. The number of ether oxygens (including phenoxy) is 1. The van der Waals surface area contributed by atoms with E-state index in [9.17, 15) is 14.7 Å². The molecule has 4 atom stereocenters. The van der Waals surface area contributed by atoms with Gasteiger partial charge in [-0.3, -0.25) is 14.9 Å². The maximum absolute atomic E-state index is 13.4. The zero-order chi connectivity index (χ0) is 21.6. The Morgan fingerprint density at radius 1 is 1.33 bits per heavy atom. The van der Waals surface area contributed by atoms with Gasteiger partial charge in [0.1, 0.15) is 11.3 Å². The number of hydrogen-bond acceptors (Lipinski definition) is 5. The van der Waals surface area contributed by atoms with Gasteiger partial charge in [-0.25, -0.2) is 0 Å². The smallest absolute Gasteiger partial charge is 0.250 e. The van der Waals surface area contributed by atoms with E-state index in [1.54, 1.807) is 43.3 Å². The highest BCUT2D eigenvalue weighted by atomic mass is 35.5. The third kappa shape index (κ3) is 3.22. The standard InChI is InChI=1S/C21H21Cl2N3O4/c1-10(27)15-9-13(19(28)24-16-8-11(22)6-7-17(16)30-2)21(26-15)12-4-3-5-14(23)18(12)25-20(21)29/h3-8,10,13,15,26-27H,9H2,1-2H3,(H,24,28)(H,25,29)/t10?,13-,15-,21+/m1/s1. The topological polar surface area (TPSA) is 99.7 Å². The van der Waals surface area contributed by atoms with Crippen LogP contribution in [-0.4, -0.2) is 36.2 Å². The van der Waals surface area contributed by atoms with Crippen LogP contribution in [0, 0.1) is 5.92 Å². The first-order chi connectivity index (χ1) is 14.3. The van der Waals surface area contributed by atoms with Crippen LogP contribution in [0.1, 0.15) is 18.9 Å². The van der Waals surface area contributed by atoms with Gasteiger partial charge in [-0.05, 0) is 37.6 Å². The Hall–Kier alpha value is -2.32. The van der Waals surface area contributed by atoms with Crippen molar-refractivity contribution in [2.45, 2.75) is 31.0 Å². The molecule has 158 valence electrons. The highest BCUT2D eigenvalue weighted by Gasteiger charge is 2.61. The molecule has 7 nitrogen and oxygen atoms in total. The number of anilines is 2. The summed E-state index contributed by atoms with van der Waals surface area (Å²) < 4.78 is 5.31. The predicted octanol–water partition coefficient (Wildman–Crippen LogP) is 3.15. The van der Waals surface area contributed by atoms with Crippen LogP contribution < -0.4 is 20.7 Å². The molecule has 4 N–H and O–H groups in total. The van der Waals surface area contributed by atoms with Crippen LogP contribution in [-0.2, 0) is 15.1 Å². The fraction of sp³-hybridized carbons (Fsp3) is 0.333. The molecule has 0 saturated carbocycles. The molecule has 0 radical (unpaired) electrons. The van der Waals surface area contributed by atoms with Crippen molar-refractivity contribution in [3.05, 3.63) is 52.0 Å². The van der Waals surface area contributed by atoms with Gasteiger partial charge in [-0.1, -0.05) is 35.3 Å². The van der Waals surface area contributed by atoms with E-state index in [0.717, 1.165) is 0 Å². The van der Waals surface area contributed by atoms with Gasteiger partial charge in [0, 0.05) is 16.6 Å². The molecule has 0 aromatic heterocycles. The fourth-order valence-corrected chi connectivity index (χ4v) is 4.70. The Labute approximate surface area is 183 Å². The number of carbonyl (C=O) groups is 2. The lowest BCUT2D eigenvalue weighted by atomic mass is 9.79. The van der Waals surface area contributed by atoms with Crippen molar-refractivity contribution in [2.75, 3.05) is 17.7 Å². The Bertz CT molecular complexity index is 1030. The van der Waals surface area contributed by atoms with Gasteiger partial charge in [0.05, 0.1) is 35.5 Å². The van der Waals surface area contributed by atoms with Crippen LogP contribution in [0.5, 0.6) is 5.75 Å². The number of aliphatic hydroxyl groups excluding tert-OH is 1. The van der Waals surface area contributed by atoms with Crippen molar-refractivity contribution >= 4 is 46.4 Å². The highest BCUT2D eigenvalue weighted by molar-refractivity contribution is 6.35. The summed E-state index contributed by atoms with van der Waals surface area (Å²) in [6, 6.07) is 9.59. The lowest BCUT2D eigenvalue weighted by molar-refractivity contribution is -0.130. The number of carbonyl (C=O) groups excluding carboxylic acids is 2. The molecular formula is C21H21Cl2N3O4. The number of benzene rings is 2. The largest absolute Gasteiger partial charge is 0.495 e. The fourth-order valence-electron chi connectivity index (χ4n) is 4.31. The summed E-state index contributed by atoms with van der Waals surface area (Å²) >= 11 is 12.4. The van der Waals surface area contributed by atoms with Gasteiger partial charge in [-0.2, -0.15) is 0 Å². The van der Waals surface area contributed by atoms with Crippen LogP contribution >= 0.6 is 23.2 Å². The number of methoxy groups -OCH3 is 1. The van der Waals surface area contributed by atoms with E-state index in [1.165, 1.54) is 7.11 Å². The Kier molecular flexibility index (Phi) is 5.40. The van der Waals surface area contributed by atoms with Crippen LogP contribution in [0.25, 0.3) is 0 Å². The summed E-state index contributed by atoms with van der Waals surface area (Å²) in [5, 5.41) is 19.9. The molecule has 0 bridgehead atoms. The van der Waals surface area contributed by atoms with E-state index < -0.39 is 29.5 Å². The molecule has 1 spiro atoms. The number of nitrogens with one attached hydrogen (secondary N) is 3. The minimum absolute atomic E-state index is 0.256. The van der Waals surface area contributed by atoms with Crippen molar-refractivity contribution in [3.8, 4) is 5.75 Å². The van der Waals surface area contributed by atoms with Gasteiger partial charge in [0.15, 0.2) is 0 Å². The number of fused-ring (bicyclic) bond motifs is 2. The number of halogens is 2.